The summed E-state index contributed by atoms with van der Waals surface area (Å²) in [7, 11) is 0. The molecule has 2 aliphatic rings. The molecule has 0 aliphatic carbocycles. The number of hydrogen-bond acceptors (Lipinski definition) is 2. The summed E-state index contributed by atoms with van der Waals surface area (Å²) < 4.78 is 0. The van der Waals surface area contributed by atoms with Gasteiger partial charge in [0.25, 0.3) is 0 Å². The van der Waals surface area contributed by atoms with E-state index in [2.05, 4.69) is 232 Å². The van der Waals surface area contributed by atoms with Crippen LogP contribution in [0.1, 0.15) is 49.9 Å². The number of anilines is 6. The van der Waals surface area contributed by atoms with Crippen molar-refractivity contribution in [2.75, 3.05) is 9.80 Å². The summed E-state index contributed by atoms with van der Waals surface area (Å²) in [6.45, 7) is 9.57. The van der Waals surface area contributed by atoms with Crippen molar-refractivity contribution >= 4 is 77.2 Å². The van der Waals surface area contributed by atoms with E-state index < -0.39 is 0 Å². The Morgan fingerprint density at radius 3 is 1.03 bits per heavy atom. The summed E-state index contributed by atoms with van der Waals surface area (Å²) in [5.74, 6) is 0. The summed E-state index contributed by atoms with van der Waals surface area (Å²) >= 11 is 0. The van der Waals surface area contributed by atoms with Crippen molar-refractivity contribution in [3.8, 4) is 11.1 Å². The lowest BCUT2D eigenvalue weighted by Gasteiger charge is -2.43. The van der Waals surface area contributed by atoms with Crippen molar-refractivity contribution in [2.24, 2.45) is 0 Å². The molecule has 12 rings (SSSR count). The van der Waals surface area contributed by atoms with Crippen molar-refractivity contribution < 1.29 is 0 Å². The first-order valence-corrected chi connectivity index (χ1v) is 21.2. The average Bonchev–Trinajstić information content (AvgIpc) is 3.29. The Bertz CT molecular complexity index is 3180. The van der Waals surface area contributed by atoms with Crippen LogP contribution in [0.15, 0.2) is 194 Å². The fraction of sp³-hybridized carbons (Fsp3) is 0.103. The van der Waals surface area contributed by atoms with Gasteiger partial charge in [0.1, 0.15) is 0 Å². The third-order valence-corrected chi connectivity index (χ3v) is 13.8. The zero-order valence-electron chi connectivity index (χ0n) is 34.4. The first-order chi connectivity index (χ1) is 29.3. The Kier molecular flexibility index (Phi) is 7.36. The molecular weight excluding hydrogens is 725 g/mol. The highest BCUT2D eigenvalue weighted by molar-refractivity contribution is 6.16. The minimum Gasteiger partial charge on any atom is -0.309 e. The Balaban J connectivity index is 1.06. The Morgan fingerprint density at radius 2 is 0.600 bits per heavy atom. The summed E-state index contributed by atoms with van der Waals surface area (Å²) in [5.41, 5.74) is 14.6. The molecule has 0 bridgehead atoms. The molecule has 2 heteroatoms. The molecule has 0 radical (unpaired) electrons. The second kappa shape index (κ2) is 12.7. The van der Waals surface area contributed by atoms with Gasteiger partial charge in [-0.25, -0.2) is 0 Å². The van der Waals surface area contributed by atoms with Crippen LogP contribution < -0.4 is 9.80 Å². The van der Waals surface area contributed by atoms with E-state index >= 15 is 0 Å². The standard InChI is InChI=1S/C58H44N2/c1-57(2)47-25-13-15-27-51(47)59(55-35-39-17-5-7-19-41(39)43-21-9-11-23-45(43)55)53-31-29-37(33-49(53)57)38-30-32-54-50(34-38)58(3,4)48-26-14-16-28-52(48)60(54)56-36-40-18-6-8-20-42(40)44-22-10-12-24-46(44)56/h5-36H,1-4H3. The van der Waals surface area contributed by atoms with Gasteiger partial charge in [-0.3, -0.25) is 0 Å². The van der Waals surface area contributed by atoms with Crippen LogP contribution in [0, 0.1) is 0 Å². The van der Waals surface area contributed by atoms with Crippen LogP contribution in [-0.2, 0) is 10.8 Å². The average molecular weight is 769 g/mol. The number of fused-ring (bicyclic) bond motifs is 10. The number of para-hydroxylation sites is 2. The van der Waals surface area contributed by atoms with Gasteiger partial charge in [-0.15, -0.1) is 0 Å². The predicted molar refractivity (Wildman–Crippen MR) is 256 cm³/mol. The Labute approximate surface area is 351 Å². The summed E-state index contributed by atoms with van der Waals surface area (Å²) in [6.07, 6.45) is 0. The zero-order chi connectivity index (χ0) is 40.3. The van der Waals surface area contributed by atoms with E-state index in [1.807, 2.05) is 0 Å². The van der Waals surface area contributed by atoms with Gasteiger partial charge in [0.05, 0.1) is 34.1 Å². The molecule has 0 amide bonds. The molecule has 0 atom stereocenters. The zero-order valence-corrected chi connectivity index (χ0v) is 34.4. The van der Waals surface area contributed by atoms with E-state index in [1.165, 1.54) is 111 Å². The molecule has 286 valence electrons. The highest BCUT2D eigenvalue weighted by Gasteiger charge is 2.39. The molecule has 0 fully saturated rings. The third kappa shape index (κ3) is 4.88. The van der Waals surface area contributed by atoms with Crippen molar-refractivity contribution in [3.63, 3.8) is 0 Å². The van der Waals surface area contributed by atoms with Crippen LogP contribution >= 0.6 is 0 Å². The van der Waals surface area contributed by atoms with E-state index in [9.17, 15) is 0 Å². The van der Waals surface area contributed by atoms with E-state index in [0.717, 1.165) is 0 Å². The van der Waals surface area contributed by atoms with E-state index in [1.54, 1.807) is 0 Å². The smallest absolute Gasteiger partial charge is 0.0546 e. The van der Waals surface area contributed by atoms with Crippen LogP contribution in [0.3, 0.4) is 0 Å². The number of nitrogens with zero attached hydrogens (tertiary/aromatic N) is 2. The lowest BCUT2D eigenvalue weighted by Crippen LogP contribution is -2.31. The summed E-state index contributed by atoms with van der Waals surface area (Å²) in [4.78, 5) is 5.04. The maximum Gasteiger partial charge on any atom is 0.0546 e. The van der Waals surface area contributed by atoms with Crippen LogP contribution in [0.2, 0.25) is 0 Å². The maximum atomic E-state index is 2.52. The second-order valence-electron chi connectivity index (χ2n) is 17.7. The van der Waals surface area contributed by atoms with E-state index in [4.69, 9.17) is 0 Å². The molecule has 0 unspecified atom stereocenters. The first kappa shape index (κ1) is 34.8. The number of hydrogen-bond donors (Lipinski definition) is 0. The quantitative estimate of drug-likeness (QED) is 0.165. The van der Waals surface area contributed by atoms with E-state index in [0.29, 0.717) is 0 Å². The lowest BCUT2D eigenvalue weighted by atomic mass is 9.71. The molecule has 0 saturated carbocycles. The molecule has 10 aromatic carbocycles. The highest BCUT2D eigenvalue weighted by atomic mass is 15.2. The summed E-state index contributed by atoms with van der Waals surface area (Å²) in [6, 6.07) is 72.5. The fourth-order valence-electron chi connectivity index (χ4n) is 10.7. The topological polar surface area (TPSA) is 6.48 Å². The number of rotatable bonds is 3. The second-order valence-corrected chi connectivity index (χ2v) is 17.7. The molecule has 2 nitrogen and oxygen atoms in total. The Hall–Kier alpha value is -7.16. The van der Waals surface area contributed by atoms with Crippen molar-refractivity contribution in [3.05, 3.63) is 216 Å². The first-order valence-electron chi connectivity index (χ1n) is 21.2. The van der Waals surface area contributed by atoms with Gasteiger partial charge in [0, 0.05) is 21.6 Å². The van der Waals surface area contributed by atoms with Gasteiger partial charge < -0.3 is 9.80 Å². The number of benzene rings is 10. The minimum absolute atomic E-state index is 0.231. The van der Waals surface area contributed by atoms with Crippen molar-refractivity contribution in [1.29, 1.82) is 0 Å². The van der Waals surface area contributed by atoms with Gasteiger partial charge in [-0.05, 0) is 114 Å². The monoisotopic (exact) mass is 768 g/mol. The molecule has 0 aromatic heterocycles. The molecule has 10 aromatic rings. The minimum atomic E-state index is -0.231. The maximum absolute atomic E-state index is 2.52. The van der Waals surface area contributed by atoms with Gasteiger partial charge in [0.15, 0.2) is 0 Å². The van der Waals surface area contributed by atoms with Gasteiger partial charge in [-0.1, -0.05) is 173 Å². The van der Waals surface area contributed by atoms with Gasteiger partial charge in [-0.2, -0.15) is 0 Å². The van der Waals surface area contributed by atoms with E-state index in [-0.39, 0.29) is 10.8 Å². The Morgan fingerprint density at radius 1 is 0.267 bits per heavy atom. The lowest BCUT2D eigenvalue weighted by molar-refractivity contribution is 0.631. The fourth-order valence-corrected chi connectivity index (χ4v) is 10.7. The van der Waals surface area contributed by atoms with Crippen molar-refractivity contribution in [2.45, 2.75) is 38.5 Å². The molecular formula is C58H44N2. The van der Waals surface area contributed by atoms with Gasteiger partial charge >= 0.3 is 0 Å². The van der Waals surface area contributed by atoms with Crippen LogP contribution in [0.25, 0.3) is 54.2 Å². The normalized spacial score (nSPS) is 14.9. The predicted octanol–water partition coefficient (Wildman–Crippen LogP) is 16.2. The molecule has 60 heavy (non-hydrogen) atoms. The molecule has 0 N–H and O–H groups in total. The summed E-state index contributed by atoms with van der Waals surface area (Å²) in [5, 5.41) is 10.1. The molecule has 2 aliphatic heterocycles. The molecule has 2 heterocycles. The third-order valence-electron chi connectivity index (χ3n) is 13.8. The molecule has 0 saturated heterocycles. The van der Waals surface area contributed by atoms with Crippen LogP contribution in [0.4, 0.5) is 34.1 Å². The van der Waals surface area contributed by atoms with Gasteiger partial charge in [0.2, 0.25) is 0 Å². The van der Waals surface area contributed by atoms with Crippen molar-refractivity contribution in [1.82, 2.24) is 0 Å². The highest BCUT2D eigenvalue weighted by Crippen LogP contribution is 2.56. The van der Waals surface area contributed by atoms with Crippen LogP contribution in [0.5, 0.6) is 0 Å². The van der Waals surface area contributed by atoms with Crippen LogP contribution in [-0.4, -0.2) is 0 Å². The molecule has 0 spiro atoms. The largest absolute Gasteiger partial charge is 0.309 e. The SMILES string of the molecule is CC1(C)c2ccccc2N(c2cc3ccccc3c3ccccc23)c2ccc(-c3ccc4c(c3)C(C)(C)c3ccccc3N4c3cc4ccccc4c4ccccc34)cc21.